The van der Waals surface area contributed by atoms with E-state index in [0.717, 1.165) is 0 Å². The van der Waals surface area contributed by atoms with E-state index in [1.807, 2.05) is 0 Å². The average molecular weight is 246 g/mol. The van der Waals surface area contributed by atoms with Crippen LogP contribution in [0.1, 0.15) is 6.92 Å². The van der Waals surface area contributed by atoms with E-state index in [2.05, 4.69) is 9.47 Å². The van der Waals surface area contributed by atoms with Gasteiger partial charge in [-0.15, -0.1) is 0 Å². The lowest BCUT2D eigenvalue weighted by Gasteiger charge is -2.15. The van der Waals surface area contributed by atoms with Crippen LogP contribution in [0.25, 0.3) is 0 Å². The highest BCUT2D eigenvalue weighted by atomic mass is 19.3. The van der Waals surface area contributed by atoms with Gasteiger partial charge in [-0.05, 0) is 31.2 Å². The average Bonchev–Trinajstić information content (AvgIpc) is 2.30. The van der Waals surface area contributed by atoms with Crippen molar-refractivity contribution in [3.05, 3.63) is 24.3 Å². The van der Waals surface area contributed by atoms with Crippen LogP contribution in [0.4, 0.5) is 8.78 Å². The molecule has 0 heterocycles. The highest BCUT2D eigenvalue weighted by molar-refractivity contribution is 5.76. The molecular formula is C11H12F2O4. The third-order valence-electron chi connectivity index (χ3n) is 1.82. The lowest BCUT2D eigenvalue weighted by Crippen LogP contribution is -2.36. The molecule has 0 aliphatic carbocycles. The number of hydrogen-bond acceptors (Lipinski definition) is 4. The van der Waals surface area contributed by atoms with Crippen molar-refractivity contribution in [2.75, 3.05) is 13.7 Å². The molecule has 0 fully saturated rings. The highest BCUT2D eigenvalue weighted by Crippen LogP contribution is 2.24. The van der Waals surface area contributed by atoms with E-state index in [-0.39, 0.29) is 12.4 Å². The zero-order valence-electron chi connectivity index (χ0n) is 9.41. The standard InChI is InChI=1S/C11H12F2O4/c1-3-16-10(14)11(12,13)17-9-6-4-8(15-2)5-7-9/h4-7H,3H2,1-2H3. The molecule has 0 aromatic heterocycles. The summed E-state index contributed by atoms with van der Waals surface area (Å²) in [7, 11) is 1.45. The summed E-state index contributed by atoms with van der Waals surface area (Å²) in [6, 6.07) is 5.42. The molecule has 0 saturated carbocycles. The summed E-state index contributed by atoms with van der Waals surface area (Å²) in [4.78, 5) is 10.9. The SMILES string of the molecule is CCOC(=O)C(F)(F)Oc1ccc(OC)cc1. The van der Waals surface area contributed by atoms with Crippen molar-refractivity contribution in [1.29, 1.82) is 0 Å². The number of alkyl halides is 2. The summed E-state index contributed by atoms with van der Waals surface area (Å²) in [5.74, 6) is -1.36. The molecule has 94 valence electrons. The second-order valence-electron chi connectivity index (χ2n) is 3.01. The number of carbonyl (C=O) groups excluding carboxylic acids is 1. The zero-order valence-corrected chi connectivity index (χ0v) is 9.41. The molecule has 1 aromatic carbocycles. The van der Waals surface area contributed by atoms with Gasteiger partial charge < -0.3 is 14.2 Å². The first kappa shape index (κ1) is 13.2. The summed E-state index contributed by atoms with van der Waals surface area (Å²) in [5.41, 5.74) is 0. The predicted molar refractivity (Wildman–Crippen MR) is 55.2 cm³/mol. The molecular weight excluding hydrogens is 234 g/mol. The van der Waals surface area contributed by atoms with Gasteiger partial charge in [0.25, 0.3) is 0 Å². The quantitative estimate of drug-likeness (QED) is 0.747. The van der Waals surface area contributed by atoms with Crippen molar-refractivity contribution < 1.29 is 27.8 Å². The summed E-state index contributed by atoms with van der Waals surface area (Å²) in [5, 5.41) is 0. The first-order chi connectivity index (χ1) is 7.99. The molecule has 0 radical (unpaired) electrons. The van der Waals surface area contributed by atoms with E-state index in [9.17, 15) is 13.6 Å². The maximum absolute atomic E-state index is 13.1. The van der Waals surface area contributed by atoms with Crippen LogP contribution < -0.4 is 9.47 Å². The van der Waals surface area contributed by atoms with Crippen LogP contribution in [0.3, 0.4) is 0 Å². The van der Waals surface area contributed by atoms with Crippen molar-refractivity contribution >= 4 is 5.97 Å². The number of esters is 1. The van der Waals surface area contributed by atoms with Crippen LogP contribution in [0.5, 0.6) is 11.5 Å². The summed E-state index contributed by atoms with van der Waals surface area (Å²) in [6.45, 7) is 1.29. The van der Waals surface area contributed by atoms with Crippen molar-refractivity contribution in [1.82, 2.24) is 0 Å². The highest BCUT2D eigenvalue weighted by Gasteiger charge is 2.44. The molecule has 0 atom stereocenters. The van der Waals surface area contributed by atoms with Crippen LogP contribution in [0.15, 0.2) is 24.3 Å². The van der Waals surface area contributed by atoms with E-state index >= 15 is 0 Å². The normalized spacial score (nSPS) is 10.8. The van der Waals surface area contributed by atoms with Crippen molar-refractivity contribution in [3.8, 4) is 11.5 Å². The number of hydrogen-bond donors (Lipinski definition) is 0. The van der Waals surface area contributed by atoms with Crippen molar-refractivity contribution in [3.63, 3.8) is 0 Å². The topological polar surface area (TPSA) is 44.8 Å². The Bertz CT molecular complexity index is 376. The fraction of sp³-hybridized carbons (Fsp3) is 0.364. The Morgan fingerprint density at radius 3 is 2.24 bits per heavy atom. The molecule has 1 rings (SSSR count). The summed E-state index contributed by atoms with van der Waals surface area (Å²) < 4.78 is 39.6. The van der Waals surface area contributed by atoms with E-state index in [0.29, 0.717) is 5.75 Å². The van der Waals surface area contributed by atoms with E-state index in [1.165, 1.54) is 38.3 Å². The van der Waals surface area contributed by atoms with Crippen LogP contribution in [-0.4, -0.2) is 25.8 Å². The molecule has 0 amide bonds. The number of rotatable bonds is 5. The Kier molecular flexibility index (Phi) is 4.25. The molecule has 4 nitrogen and oxygen atoms in total. The van der Waals surface area contributed by atoms with Gasteiger partial charge in [0, 0.05) is 0 Å². The Morgan fingerprint density at radius 1 is 1.24 bits per heavy atom. The second kappa shape index (κ2) is 5.47. The number of methoxy groups -OCH3 is 1. The van der Waals surface area contributed by atoms with E-state index in [4.69, 9.17) is 4.74 Å². The van der Waals surface area contributed by atoms with Gasteiger partial charge in [-0.25, -0.2) is 4.79 Å². The third-order valence-corrected chi connectivity index (χ3v) is 1.82. The van der Waals surface area contributed by atoms with Gasteiger partial charge in [-0.1, -0.05) is 0 Å². The Labute approximate surface area is 97.1 Å². The van der Waals surface area contributed by atoms with Gasteiger partial charge in [-0.3, -0.25) is 0 Å². The molecule has 1 aromatic rings. The molecule has 6 heteroatoms. The van der Waals surface area contributed by atoms with Gasteiger partial charge in [0.1, 0.15) is 11.5 Å². The van der Waals surface area contributed by atoms with Gasteiger partial charge in [-0.2, -0.15) is 8.78 Å². The molecule has 0 saturated heterocycles. The number of benzene rings is 1. The minimum Gasteiger partial charge on any atom is -0.497 e. The Morgan fingerprint density at radius 2 is 1.76 bits per heavy atom. The predicted octanol–water partition coefficient (Wildman–Crippen LogP) is 2.23. The van der Waals surface area contributed by atoms with Crippen LogP contribution in [0.2, 0.25) is 0 Å². The van der Waals surface area contributed by atoms with Crippen molar-refractivity contribution in [2.45, 2.75) is 13.0 Å². The van der Waals surface area contributed by atoms with Crippen molar-refractivity contribution in [2.24, 2.45) is 0 Å². The molecule has 0 unspecified atom stereocenters. The summed E-state index contributed by atoms with van der Waals surface area (Å²) >= 11 is 0. The summed E-state index contributed by atoms with van der Waals surface area (Å²) in [6.07, 6.45) is -4.00. The maximum atomic E-state index is 13.1. The van der Waals surface area contributed by atoms with Crippen LogP contribution in [-0.2, 0) is 9.53 Å². The van der Waals surface area contributed by atoms with Gasteiger partial charge in [0.15, 0.2) is 0 Å². The Balaban J connectivity index is 2.71. The largest absolute Gasteiger partial charge is 0.502 e. The van der Waals surface area contributed by atoms with Crippen LogP contribution in [0, 0.1) is 0 Å². The molecule has 17 heavy (non-hydrogen) atoms. The molecule has 0 N–H and O–H groups in total. The Hall–Kier alpha value is -1.85. The fourth-order valence-electron chi connectivity index (χ4n) is 1.05. The maximum Gasteiger partial charge on any atom is 0.502 e. The second-order valence-corrected chi connectivity index (χ2v) is 3.01. The molecule has 0 bridgehead atoms. The minimum absolute atomic E-state index is 0.138. The number of halogens is 2. The molecule has 0 spiro atoms. The number of ether oxygens (including phenoxy) is 3. The van der Waals surface area contributed by atoms with E-state index < -0.39 is 12.1 Å². The lowest BCUT2D eigenvalue weighted by atomic mass is 10.3. The molecule has 0 aliphatic rings. The lowest BCUT2D eigenvalue weighted by molar-refractivity contribution is -0.216. The fourth-order valence-corrected chi connectivity index (χ4v) is 1.05. The smallest absolute Gasteiger partial charge is 0.497 e. The van der Waals surface area contributed by atoms with Crippen LogP contribution >= 0.6 is 0 Å². The van der Waals surface area contributed by atoms with Gasteiger partial charge >= 0.3 is 12.1 Å². The first-order valence-corrected chi connectivity index (χ1v) is 4.87. The monoisotopic (exact) mass is 246 g/mol. The first-order valence-electron chi connectivity index (χ1n) is 4.87. The molecule has 0 aliphatic heterocycles. The third kappa shape index (κ3) is 3.58. The van der Waals surface area contributed by atoms with Gasteiger partial charge in [0.2, 0.25) is 0 Å². The number of carbonyl (C=O) groups is 1. The zero-order chi connectivity index (χ0) is 12.9. The minimum atomic E-state index is -4.00. The van der Waals surface area contributed by atoms with E-state index in [1.54, 1.807) is 0 Å². The van der Waals surface area contributed by atoms with Gasteiger partial charge in [0.05, 0.1) is 13.7 Å².